The predicted molar refractivity (Wildman–Crippen MR) is 49.0 cm³/mol. The number of aryl methyl sites for hydroxylation is 1. The first-order valence-corrected chi connectivity index (χ1v) is 4.42. The summed E-state index contributed by atoms with van der Waals surface area (Å²) in [5.41, 5.74) is 7.43. The first-order chi connectivity index (χ1) is 5.77. The number of rotatable bonds is 1. The summed E-state index contributed by atoms with van der Waals surface area (Å²) in [7, 11) is 0. The largest absolute Gasteiger partial charge is 0.368 e. The van der Waals surface area contributed by atoms with Gasteiger partial charge in [-0.25, -0.2) is 0 Å². The maximum Gasteiger partial charge on any atom is 0.222 e. The molecule has 0 spiro atoms. The Morgan fingerprint density at radius 2 is 2.42 bits per heavy atom. The molecule has 0 fully saturated rings. The SMILES string of the molecule is Cc1ccsc1-c1cc(N)on1. The molecule has 2 rings (SSSR count). The van der Waals surface area contributed by atoms with Gasteiger partial charge in [-0.3, -0.25) is 0 Å². The Bertz CT molecular complexity index is 391. The van der Waals surface area contributed by atoms with Gasteiger partial charge in [0.25, 0.3) is 0 Å². The van der Waals surface area contributed by atoms with E-state index in [9.17, 15) is 0 Å². The standard InChI is InChI=1S/C8H8N2OS/c1-5-2-3-12-8(5)6-4-7(9)11-10-6/h2-4H,9H2,1H3. The molecule has 0 radical (unpaired) electrons. The molecule has 2 aromatic heterocycles. The molecule has 0 bridgehead atoms. The minimum Gasteiger partial charge on any atom is -0.368 e. The van der Waals surface area contributed by atoms with Crippen LogP contribution in [0.3, 0.4) is 0 Å². The van der Waals surface area contributed by atoms with Crippen LogP contribution in [0.2, 0.25) is 0 Å². The smallest absolute Gasteiger partial charge is 0.222 e. The lowest BCUT2D eigenvalue weighted by Crippen LogP contribution is -1.76. The average molecular weight is 180 g/mol. The quantitative estimate of drug-likeness (QED) is 0.732. The van der Waals surface area contributed by atoms with Gasteiger partial charge in [-0.15, -0.1) is 11.3 Å². The topological polar surface area (TPSA) is 52.0 Å². The molecule has 12 heavy (non-hydrogen) atoms. The summed E-state index contributed by atoms with van der Waals surface area (Å²) in [4.78, 5) is 1.12. The fourth-order valence-corrected chi connectivity index (χ4v) is 1.91. The fraction of sp³-hybridized carbons (Fsp3) is 0.125. The maximum atomic E-state index is 5.41. The number of hydrogen-bond donors (Lipinski definition) is 1. The lowest BCUT2D eigenvalue weighted by atomic mass is 10.2. The Balaban J connectivity index is 2.50. The Hall–Kier alpha value is -1.29. The lowest BCUT2D eigenvalue weighted by molar-refractivity contribution is 0.439. The van der Waals surface area contributed by atoms with E-state index in [0.717, 1.165) is 10.6 Å². The van der Waals surface area contributed by atoms with Crippen molar-refractivity contribution in [2.45, 2.75) is 6.92 Å². The van der Waals surface area contributed by atoms with Crippen LogP contribution < -0.4 is 5.73 Å². The summed E-state index contributed by atoms with van der Waals surface area (Å²) in [6, 6.07) is 3.78. The molecule has 4 heteroatoms. The van der Waals surface area contributed by atoms with Gasteiger partial charge in [-0.1, -0.05) is 5.16 Å². The zero-order chi connectivity index (χ0) is 8.55. The van der Waals surface area contributed by atoms with Crippen LogP contribution in [-0.2, 0) is 0 Å². The minimum absolute atomic E-state index is 0.359. The highest BCUT2D eigenvalue weighted by Crippen LogP contribution is 2.28. The third-order valence-electron chi connectivity index (χ3n) is 1.62. The number of nitrogen functional groups attached to an aromatic ring is 1. The molecule has 0 aliphatic rings. The fourth-order valence-electron chi connectivity index (χ4n) is 1.03. The first-order valence-electron chi connectivity index (χ1n) is 3.54. The van der Waals surface area contributed by atoms with E-state index in [1.807, 2.05) is 18.4 Å². The van der Waals surface area contributed by atoms with Crippen LogP contribution in [0.1, 0.15) is 5.56 Å². The molecule has 0 amide bonds. The van der Waals surface area contributed by atoms with E-state index in [1.54, 1.807) is 17.4 Å². The summed E-state index contributed by atoms with van der Waals surface area (Å²) in [6.45, 7) is 2.04. The molecule has 62 valence electrons. The molecule has 0 aliphatic heterocycles. The predicted octanol–water partition coefficient (Wildman–Crippen LogP) is 2.29. The third-order valence-corrected chi connectivity index (χ3v) is 2.66. The molecule has 3 nitrogen and oxygen atoms in total. The number of nitrogens with zero attached hydrogens (tertiary/aromatic N) is 1. The van der Waals surface area contributed by atoms with Crippen molar-refractivity contribution in [3.63, 3.8) is 0 Å². The number of aromatic nitrogens is 1. The second-order valence-electron chi connectivity index (χ2n) is 2.55. The van der Waals surface area contributed by atoms with Crippen molar-refractivity contribution in [1.82, 2.24) is 5.16 Å². The van der Waals surface area contributed by atoms with Crippen molar-refractivity contribution in [2.75, 3.05) is 5.73 Å². The van der Waals surface area contributed by atoms with Crippen molar-refractivity contribution in [1.29, 1.82) is 0 Å². The van der Waals surface area contributed by atoms with E-state index in [1.165, 1.54) is 5.56 Å². The summed E-state index contributed by atoms with van der Waals surface area (Å²) >= 11 is 1.64. The van der Waals surface area contributed by atoms with Gasteiger partial charge in [0, 0.05) is 6.07 Å². The molecule has 0 aliphatic carbocycles. The van der Waals surface area contributed by atoms with Gasteiger partial charge in [0.2, 0.25) is 5.88 Å². The van der Waals surface area contributed by atoms with Crippen LogP contribution in [0.5, 0.6) is 0 Å². The second-order valence-corrected chi connectivity index (χ2v) is 3.46. The Morgan fingerprint density at radius 3 is 2.92 bits per heavy atom. The van der Waals surface area contributed by atoms with Crippen molar-refractivity contribution >= 4 is 17.2 Å². The van der Waals surface area contributed by atoms with Gasteiger partial charge in [0.1, 0.15) is 5.69 Å². The number of thiophene rings is 1. The normalized spacial score (nSPS) is 10.4. The molecule has 0 atom stereocenters. The highest BCUT2D eigenvalue weighted by molar-refractivity contribution is 7.13. The van der Waals surface area contributed by atoms with E-state index >= 15 is 0 Å². The zero-order valence-corrected chi connectivity index (χ0v) is 7.39. The van der Waals surface area contributed by atoms with E-state index in [-0.39, 0.29) is 0 Å². The Morgan fingerprint density at radius 1 is 1.58 bits per heavy atom. The lowest BCUT2D eigenvalue weighted by Gasteiger charge is -1.89. The highest BCUT2D eigenvalue weighted by Gasteiger charge is 2.07. The van der Waals surface area contributed by atoms with Crippen LogP contribution in [0.15, 0.2) is 22.0 Å². The van der Waals surface area contributed by atoms with Gasteiger partial charge in [0.05, 0.1) is 4.88 Å². The zero-order valence-electron chi connectivity index (χ0n) is 6.57. The van der Waals surface area contributed by atoms with Gasteiger partial charge in [-0.05, 0) is 23.9 Å². The van der Waals surface area contributed by atoms with Gasteiger partial charge in [0.15, 0.2) is 0 Å². The monoisotopic (exact) mass is 180 g/mol. The van der Waals surface area contributed by atoms with E-state index in [2.05, 4.69) is 5.16 Å². The second kappa shape index (κ2) is 2.64. The van der Waals surface area contributed by atoms with Gasteiger partial charge < -0.3 is 10.3 Å². The van der Waals surface area contributed by atoms with Gasteiger partial charge in [-0.2, -0.15) is 0 Å². The van der Waals surface area contributed by atoms with Gasteiger partial charge >= 0.3 is 0 Å². The molecular weight excluding hydrogens is 172 g/mol. The average Bonchev–Trinajstić information content (AvgIpc) is 2.58. The molecule has 2 heterocycles. The number of nitrogens with two attached hydrogens (primary N) is 1. The van der Waals surface area contributed by atoms with Crippen LogP contribution in [0.4, 0.5) is 5.88 Å². The van der Waals surface area contributed by atoms with Crippen LogP contribution in [0, 0.1) is 6.92 Å². The summed E-state index contributed by atoms with van der Waals surface area (Å²) in [6.07, 6.45) is 0. The Labute approximate surface area is 73.8 Å². The minimum atomic E-state index is 0.359. The van der Waals surface area contributed by atoms with Crippen molar-refractivity contribution in [2.24, 2.45) is 0 Å². The maximum absolute atomic E-state index is 5.41. The molecule has 0 saturated carbocycles. The number of anilines is 1. The highest BCUT2D eigenvalue weighted by atomic mass is 32.1. The summed E-state index contributed by atoms with van der Waals surface area (Å²) in [5.74, 6) is 0.359. The van der Waals surface area contributed by atoms with Crippen LogP contribution in [-0.4, -0.2) is 5.16 Å². The van der Waals surface area contributed by atoms with Crippen molar-refractivity contribution in [3.8, 4) is 10.6 Å². The van der Waals surface area contributed by atoms with E-state index < -0.39 is 0 Å². The molecule has 2 aromatic rings. The third kappa shape index (κ3) is 1.10. The van der Waals surface area contributed by atoms with E-state index in [4.69, 9.17) is 10.3 Å². The Kier molecular flexibility index (Phi) is 1.62. The van der Waals surface area contributed by atoms with Crippen LogP contribution in [0.25, 0.3) is 10.6 Å². The van der Waals surface area contributed by atoms with E-state index in [0.29, 0.717) is 5.88 Å². The summed E-state index contributed by atoms with van der Waals surface area (Å²) in [5, 5.41) is 5.85. The van der Waals surface area contributed by atoms with Crippen molar-refractivity contribution in [3.05, 3.63) is 23.1 Å². The molecule has 0 aromatic carbocycles. The van der Waals surface area contributed by atoms with Crippen LogP contribution >= 0.6 is 11.3 Å². The first kappa shape index (κ1) is 7.36. The molecular formula is C8H8N2OS. The number of hydrogen-bond acceptors (Lipinski definition) is 4. The summed E-state index contributed by atoms with van der Waals surface area (Å²) < 4.78 is 4.78. The van der Waals surface area contributed by atoms with Crippen molar-refractivity contribution < 1.29 is 4.52 Å². The molecule has 0 unspecified atom stereocenters. The molecule has 0 saturated heterocycles. The molecule has 2 N–H and O–H groups in total.